The first-order chi connectivity index (χ1) is 6.22. The van der Waals surface area contributed by atoms with Gasteiger partial charge in [-0.25, -0.2) is 0 Å². The normalized spacial score (nSPS) is 11.0. The van der Waals surface area contributed by atoms with Crippen molar-refractivity contribution in [2.24, 2.45) is 5.73 Å². The van der Waals surface area contributed by atoms with Gasteiger partial charge in [0, 0.05) is 17.0 Å². The Kier molecular flexibility index (Phi) is 1.98. The van der Waals surface area contributed by atoms with Crippen LogP contribution in [-0.4, -0.2) is 10.2 Å². The maximum absolute atomic E-state index is 5.93. The highest BCUT2D eigenvalue weighted by atomic mass is 35.5. The number of aromatic amines is 1. The molecule has 3 nitrogen and oxygen atoms in total. The maximum atomic E-state index is 5.93. The number of nitrogens with one attached hydrogen (secondary N) is 1. The molecule has 0 aliphatic heterocycles. The SMILES string of the molecule is Cc1cc(Cl)cc2c(CN)[nH]nc12. The zero-order valence-electron chi connectivity index (χ0n) is 7.26. The molecule has 3 N–H and O–H groups in total. The van der Waals surface area contributed by atoms with Crippen LogP contribution in [0.4, 0.5) is 0 Å². The second-order valence-electron chi connectivity index (χ2n) is 3.03. The Hall–Kier alpha value is -1.06. The topological polar surface area (TPSA) is 54.7 Å². The van der Waals surface area contributed by atoms with Gasteiger partial charge in [0.05, 0.1) is 11.2 Å². The summed E-state index contributed by atoms with van der Waals surface area (Å²) in [6.07, 6.45) is 0. The standard InChI is InChI=1S/C9H10ClN3/c1-5-2-6(10)3-7-8(4-11)12-13-9(5)7/h2-3H,4,11H2,1H3,(H,12,13). The van der Waals surface area contributed by atoms with Crippen LogP contribution in [0.2, 0.25) is 5.02 Å². The minimum absolute atomic E-state index is 0.455. The smallest absolute Gasteiger partial charge is 0.0954 e. The van der Waals surface area contributed by atoms with E-state index in [1.165, 1.54) is 0 Å². The molecule has 1 aromatic heterocycles. The van der Waals surface area contributed by atoms with E-state index in [0.717, 1.165) is 27.2 Å². The molecule has 0 aliphatic carbocycles. The Morgan fingerprint density at radius 2 is 2.31 bits per heavy atom. The van der Waals surface area contributed by atoms with Crippen molar-refractivity contribution in [3.8, 4) is 0 Å². The molecule has 1 heterocycles. The molecule has 0 atom stereocenters. The summed E-state index contributed by atoms with van der Waals surface area (Å²) < 4.78 is 0. The number of fused-ring (bicyclic) bond motifs is 1. The molecule has 0 unspecified atom stereocenters. The molecule has 0 radical (unpaired) electrons. The summed E-state index contributed by atoms with van der Waals surface area (Å²) in [6.45, 7) is 2.44. The van der Waals surface area contributed by atoms with Crippen LogP contribution in [0.3, 0.4) is 0 Å². The molecule has 2 rings (SSSR count). The second-order valence-corrected chi connectivity index (χ2v) is 3.46. The van der Waals surface area contributed by atoms with Crippen molar-refractivity contribution >= 4 is 22.5 Å². The quantitative estimate of drug-likeness (QED) is 0.731. The van der Waals surface area contributed by atoms with Crippen LogP contribution < -0.4 is 5.73 Å². The van der Waals surface area contributed by atoms with Crippen molar-refractivity contribution in [1.82, 2.24) is 10.2 Å². The first-order valence-corrected chi connectivity index (χ1v) is 4.43. The zero-order valence-corrected chi connectivity index (χ0v) is 8.02. The lowest BCUT2D eigenvalue weighted by Gasteiger charge is -1.97. The number of H-pyrrole nitrogens is 1. The Bertz CT molecular complexity index is 447. The molecular weight excluding hydrogens is 186 g/mol. The van der Waals surface area contributed by atoms with Crippen LogP contribution in [-0.2, 0) is 6.54 Å². The van der Waals surface area contributed by atoms with Crippen molar-refractivity contribution in [3.63, 3.8) is 0 Å². The molecule has 1 aromatic carbocycles. The van der Waals surface area contributed by atoms with E-state index in [4.69, 9.17) is 17.3 Å². The van der Waals surface area contributed by atoms with Crippen LogP contribution in [0, 0.1) is 6.92 Å². The predicted molar refractivity (Wildman–Crippen MR) is 53.7 cm³/mol. The molecule has 0 fully saturated rings. The number of rotatable bonds is 1. The summed E-state index contributed by atoms with van der Waals surface area (Å²) in [7, 11) is 0. The van der Waals surface area contributed by atoms with Crippen molar-refractivity contribution in [3.05, 3.63) is 28.4 Å². The third-order valence-corrected chi connectivity index (χ3v) is 2.32. The summed E-state index contributed by atoms with van der Waals surface area (Å²) in [5, 5.41) is 8.81. The highest BCUT2D eigenvalue weighted by molar-refractivity contribution is 6.31. The van der Waals surface area contributed by atoms with Gasteiger partial charge in [0.1, 0.15) is 0 Å². The molecule has 13 heavy (non-hydrogen) atoms. The number of hydrogen-bond donors (Lipinski definition) is 2. The van der Waals surface area contributed by atoms with Gasteiger partial charge in [-0.1, -0.05) is 11.6 Å². The van der Waals surface area contributed by atoms with E-state index in [2.05, 4.69) is 10.2 Å². The van der Waals surface area contributed by atoms with E-state index in [1.54, 1.807) is 0 Å². The van der Waals surface area contributed by atoms with Crippen molar-refractivity contribution in [2.45, 2.75) is 13.5 Å². The number of hydrogen-bond acceptors (Lipinski definition) is 2. The summed E-state index contributed by atoms with van der Waals surface area (Å²) in [5.41, 5.74) is 8.49. The van der Waals surface area contributed by atoms with Gasteiger partial charge in [-0.2, -0.15) is 5.10 Å². The van der Waals surface area contributed by atoms with Crippen LogP contribution in [0.15, 0.2) is 12.1 Å². The summed E-state index contributed by atoms with van der Waals surface area (Å²) in [6, 6.07) is 3.78. The first-order valence-electron chi connectivity index (χ1n) is 4.05. The minimum atomic E-state index is 0.455. The lowest BCUT2D eigenvalue weighted by Crippen LogP contribution is -1.96. The van der Waals surface area contributed by atoms with Gasteiger partial charge in [0.15, 0.2) is 0 Å². The maximum Gasteiger partial charge on any atom is 0.0954 e. The molecular formula is C9H10ClN3. The number of aryl methyl sites for hydroxylation is 1. The minimum Gasteiger partial charge on any atom is -0.325 e. The van der Waals surface area contributed by atoms with Crippen LogP contribution in [0.1, 0.15) is 11.3 Å². The van der Waals surface area contributed by atoms with Crippen molar-refractivity contribution < 1.29 is 0 Å². The van der Waals surface area contributed by atoms with Crippen LogP contribution >= 0.6 is 11.6 Å². The van der Waals surface area contributed by atoms with Gasteiger partial charge >= 0.3 is 0 Å². The van der Waals surface area contributed by atoms with Gasteiger partial charge in [0.2, 0.25) is 0 Å². The fourth-order valence-electron chi connectivity index (χ4n) is 1.45. The third-order valence-electron chi connectivity index (χ3n) is 2.10. The van der Waals surface area contributed by atoms with Gasteiger partial charge in [-0.05, 0) is 24.6 Å². The fourth-order valence-corrected chi connectivity index (χ4v) is 1.73. The van der Waals surface area contributed by atoms with E-state index < -0.39 is 0 Å². The molecule has 68 valence electrons. The molecule has 4 heteroatoms. The monoisotopic (exact) mass is 195 g/mol. The Labute approximate surface area is 80.9 Å². The first kappa shape index (κ1) is 8.53. The second kappa shape index (κ2) is 3.01. The number of aromatic nitrogens is 2. The van der Waals surface area contributed by atoms with Crippen molar-refractivity contribution in [2.75, 3.05) is 0 Å². The summed E-state index contributed by atoms with van der Waals surface area (Å²) in [4.78, 5) is 0. The Balaban J connectivity index is 2.82. The van der Waals surface area contributed by atoms with E-state index in [1.807, 2.05) is 19.1 Å². The van der Waals surface area contributed by atoms with E-state index in [0.29, 0.717) is 6.54 Å². The van der Waals surface area contributed by atoms with Gasteiger partial charge in [-0.3, -0.25) is 5.10 Å². The number of nitrogens with two attached hydrogens (primary N) is 1. The highest BCUT2D eigenvalue weighted by Crippen LogP contribution is 2.23. The predicted octanol–water partition coefficient (Wildman–Crippen LogP) is 1.98. The number of halogens is 1. The molecule has 0 spiro atoms. The lowest BCUT2D eigenvalue weighted by molar-refractivity contribution is 0.958. The zero-order chi connectivity index (χ0) is 9.42. The van der Waals surface area contributed by atoms with E-state index >= 15 is 0 Å². The van der Waals surface area contributed by atoms with Gasteiger partial charge in [0.25, 0.3) is 0 Å². The third kappa shape index (κ3) is 1.30. The fraction of sp³-hybridized carbons (Fsp3) is 0.222. The van der Waals surface area contributed by atoms with E-state index in [9.17, 15) is 0 Å². The molecule has 0 aliphatic rings. The highest BCUT2D eigenvalue weighted by Gasteiger charge is 2.06. The largest absolute Gasteiger partial charge is 0.325 e. The van der Waals surface area contributed by atoms with Crippen LogP contribution in [0.5, 0.6) is 0 Å². The molecule has 0 bridgehead atoms. The Morgan fingerprint density at radius 1 is 1.54 bits per heavy atom. The average Bonchev–Trinajstić information content (AvgIpc) is 2.47. The Morgan fingerprint density at radius 3 is 3.00 bits per heavy atom. The summed E-state index contributed by atoms with van der Waals surface area (Å²) in [5.74, 6) is 0. The van der Waals surface area contributed by atoms with E-state index in [-0.39, 0.29) is 0 Å². The molecule has 0 saturated carbocycles. The molecule has 0 saturated heterocycles. The molecule has 2 aromatic rings. The van der Waals surface area contributed by atoms with Gasteiger partial charge < -0.3 is 5.73 Å². The van der Waals surface area contributed by atoms with Crippen molar-refractivity contribution in [1.29, 1.82) is 0 Å². The number of benzene rings is 1. The average molecular weight is 196 g/mol. The van der Waals surface area contributed by atoms with Crippen LogP contribution in [0.25, 0.3) is 10.9 Å². The lowest BCUT2D eigenvalue weighted by atomic mass is 10.1. The van der Waals surface area contributed by atoms with Gasteiger partial charge in [-0.15, -0.1) is 0 Å². The summed E-state index contributed by atoms with van der Waals surface area (Å²) >= 11 is 5.93. The molecule has 0 amide bonds. The number of nitrogens with zero attached hydrogens (tertiary/aromatic N) is 1.